The average molecular weight is 462 g/mol. The molecule has 1 unspecified atom stereocenters. The molecule has 0 saturated carbocycles. The number of aryl methyl sites for hydroxylation is 1. The molecule has 174 valence electrons. The van der Waals surface area contributed by atoms with Crippen molar-refractivity contribution in [3.05, 3.63) is 83.7 Å². The molecule has 0 aliphatic carbocycles. The van der Waals surface area contributed by atoms with Crippen LogP contribution in [0.3, 0.4) is 0 Å². The van der Waals surface area contributed by atoms with Crippen molar-refractivity contribution in [3.8, 4) is 5.69 Å². The molecule has 0 saturated heterocycles. The number of hydrogen-bond acceptors (Lipinski definition) is 8. The summed E-state index contributed by atoms with van der Waals surface area (Å²) in [6, 6.07) is 12.2. The van der Waals surface area contributed by atoms with Gasteiger partial charge in [0.15, 0.2) is 11.6 Å². The van der Waals surface area contributed by atoms with Crippen LogP contribution >= 0.6 is 0 Å². The largest absolute Gasteiger partial charge is 0.365 e. The molecule has 1 amide bonds. The number of nitrogens with two attached hydrogens (primary N) is 2. The first-order valence-corrected chi connectivity index (χ1v) is 10.6. The van der Waals surface area contributed by atoms with Gasteiger partial charge in [-0.05, 0) is 31.0 Å². The Labute approximate surface area is 195 Å². The van der Waals surface area contributed by atoms with Crippen LogP contribution in [0.25, 0.3) is 5.69 Å². The van der Waals surface area contributed by atoms with E-state index in [1.807, 2.05) is 37.3 Å². The van der Waals surface area contributed by atoms with E-state index >= 15 is 0 Å². The van der Waals surface area contributed by atoms with E-state index in [0.29, 0.717) is 23.5 Å². The molecule has 6 N–H and O–H groups in total. The summed E-state index contributed by atoms with van der Waals surface area (Å²) in [6.45, 7) is 2.06. The number of hydrogen-bond donors (Lipinski definition) is 4. The Hall–Kier alpha value is -4.38. The lowest BCUT2D eigenvalue weighted by Gasteiger charge is -2.19. The molecule has 1 atom stereocenters. The van der Waals surface area contributed by atoms with E-state index in [-0.39, 0.29) is 29.8 Å². The van der Waals surface area contributed by atoms with Gasteiger partial charge >= 0.3 is 0 Å². The SMILES string of the molecule is Cc1ncc(Nc2nc(NC(CN)Cc3ccccc3)c(F)cc2C(N)=O)cc1-n1nccn1. The minimum atomic E-state index is -0.825. The molecule has 4 rings (SSSR count). The van der Waals surface area contributed by atoms with Gasteiger partial charge in [-0.2, -0.15) is 10.2 Å². The standard InChI is InChI=1S/C23H24FN9O/c1-14-20(33-28-7-8-29-33)10-17(13-27-14)31-22-18(21(26)34)11-19(24)23(32-22)30-16(12-25)9-15-5-3-2-4-6-15/h2-8,10-11,13,16H,9,12,25H2,1H3,(H2,26,34)(H2,30,31,32). The number of pyridine rings is 2. The van der Waals surface area contributed by atoms with Crippen LogP contribution in [-0.2, 0) is 6.42 Å². The lowest BCUT2D eigenvalue weighted by atomic mass is 10.1. The van der Waals surface area contributed by atoms with Crippen molar-refractivity contribution in [1.82, 2.24) is 25.0 Å². The molecular weight excluding hydrogens is 437 g/mol. The molecule has 3 aromatic heterocycles. The highest BCUT2D eigenvalue weighted by Gasteiger charge is 2.19. The number of nitrogens with one attached hydrogen (secondary N) is 2. The Kier molecular flexibility index (Phi) is 6.74. The Morgan fingerprint density at radius 3 is 2.56 bits per heavy atom. The Morgan fingerprint density at radius 1 is 1.15 bits per heavy atom. The van der Waals surface area contributed by atoms with Gasteiger partial charge < -0.3 is 22.1 Å². The van der Waals surface area contributed by atoms with Crippen LogP contribution in [0.1, 0.15) is 21.6 Å². The summed E-state index contributed by atoms with van der Waals surface area (Å²) in [6.07, 6.45) is 5.23. The second-order valence-corrected chi connectivity index (χ2v) is 7.62. The molecule has 0 bridgehead atoms. The van der Waals surface area contributed by atoms with Crippen molar-refractivity contribution >= 4 is 23.2 Å². The molecular formula is C23H24FN9O. The maximum absolute atomic E-state index is 14.8. The third-order valence-corrected chi connectivity index (χ3v) is 5.15. The maximum atomic E-state index is 14.8. The van der Waals surface area contributed by atoms with Gasteiger partial charge in [0.2, 0.25) is 0 Å². The first kappa shape index (κ1) is 22.8. The van der Waals surface area contributed by atoms with Gasteiger partial charge in [-0.25, -0.2) is 9.37 Å². The fourth-order valence-corrected chi connectivity index (χ4v) is 3.43. The van der Waals surface area contributed by atoms with E-state index in [1.165, 1.54) is 4.80 Å². The molecule has 0 aliphatic heterocycles. The van der Waals surface area contributed by atoms with Crippen molar-refractivity contribution in [1.29, 1.82) is 0 Å². The first-order chi connectivity index (χ1) is 16.4. The summed E-state index contributed by atoms with van der Waals surface area (Å²) < 4.78 is 14.8. The van der Waals surface area contributed by atoms with E-state index < -0.39 is 11.7 Å². The summed E-state index contributed by atoms with van der Waals surface area (Å²) in [5.41, 5.74) is 14.1. The number of halogens is 1. The Morgan fingerprint density at radius 2 is 1.88 bits per heavy atom. The van der Waals surface area contributed by atoms with Crippen molar-refractivity contribution in [3.63, 3.8) is 0 Å². The van der Waals surface area contributed by atoms with Gasteiger partial charge in [-0.3, -0.25) is 9.78 Å². The van der Waals surface area contributed by atoms with Crippen LogP contribution in [0.15, 0.2) is 61.1 Å². The molecule has 34 heavy (non-hydrogen) atoms. The van der Waals surface area contributed by atoms with Gasteiger partial charge in [-0.15, -0.1) is 4.80 Å². The quantitative estimate of drug-likeness (QED) is 0.297. The zero-order valence-corrected chi connectivity index (χ0v) is 18.4. The van der Waals surface area contributed by atoms with E-state index in [4.69, 9.17) is 11.5 Å². The van der Waals surface area contributed by atoms with Crippen molar-refractivity contribution < 1.29 is 9.18 Å². The van der Waals surface area contributed by atoms with Crippen LogP contribution < -0.4 is 22.1 Å². The van der Waals surface area contributed by atoms with Gasteiger partial charge in [0.1, 0.15) is 11.5 Å². The number of primary amides is 1. The van der Waals surface area contributed by atoms with Crippen LogP contribution in [-0.4, -0.2) is 43.5 Å². The zero-order chi connectivity index (χ0) is 24.1. The normalized spacial score (nSPS) is 11.7. The van der Waals surface area contributed by atoms with Crippen LogP contribution in [0, 0.1) is 12.7 Å². The molecule has 11 heteroatoms. The number of rotatable bonds is 9. The smallest absolute Gasteiger partial charge is 0.252 e. The average Bonchev–Trinajstić information content (AvgIpc) is 3.37. The topological polar surface area (TPSA) is 150 Å². The molecule has 0 aliphatic rings. The predicted molar refractivity (Wildman–Crippen MR) is 126 cm³/mol. The summed E-state index contributed by atoms with van der Waals surface area (Å²) >= 11 is 0. The highest BCUT2D eigenvalue weighted by Crippen LogP contribution is 2.25. The van der Waals surface area contributed by atoms with Gasteiger partial charge in [0.05, 0.1) is 35.5 Å². The number of carbonyl (C=O) groups excluding carboxylic acids is 1. The molecule has 0 fully saturated rings. The van der Waals surface area contributed by atoms with E-state index in [1.54, 1.807) is 24.7 Å². The predicted octanol–water partition coefficient (Wildman–Crippen LogP) is 2.33. The first-order valence-electron chi connectivity index (χ1n) is 10.6. The highest BCUT2D eigenvalue weighted by atomic mass is 19.1. The van der Waals surface area contributed by atoms with Crippen molar-refractivity contribution in [2.75, 3.05) is 17.2 Å². The Bertz CT molecular complexity index is 1280. The van der Waals surface area contributed by atoms with Crippen LogP contribution in [0.2, 0.25) is 0 Å². The number of benzene rings is 1. The number of anilines is 3. The van der Waals surface area contributed by atoms with Crippen molar-refractivity contribution in [2.45, 2.75) is 19.4 Å². The minimum absolute atomic E-state index is 0.0482. The number of carbonyl (C=O) groups is 1. The van der Waals surface area contributed by atoms with Crippen LogP contribution in [0.4, 0.5) is 21.7 Å². The summed E-state index contributed by atoms with van der Waals surface area (Å²) in [5, 5.41) is 14.3. The lowest BCUT2D eigenvalue weighted by Crippen LogP contribution is -2.32. The van der Waals surface area contributed by atoms with Crippen LogP contribution in [0.5, 0.6) is 0 Å². The van der Waals surface area contributed by atoms with E-state index in [0.717, 1.165) is 11.6 Å². The number of nitrogens with zero attached hydrogens (tertiary/aromatic N) is 5. The minimum Gasteiger partial charge on any atom is -0.365 e. The zero-order valence-electron chi connectivity index (χ0n) is 18.4. The second-order valence-electron chi connectivity index (χ2n) is 7.62. The molecule has 0 spiro atoms. The van der Waals surface area contributed by atoms with E-state index in [2.05, 4.69) is 30.8 Å². The monoisotopic (exact) mass is 461 g/mol. The van der Waals surface area contributed by atoms with Crippen molar-refractivity contribution in [2.24, 2.45) is 11.5 Å². The molecule has 10 nitrogen and oxygen atoms in total. The fraction of sp³-hybridized carbons (Fsp3) is 0.174. The van der Waals surface area contributed by atoms with Gasteiger partial charge in [0.25, 0.3) is 5.91 Å². The third kappa shape index (κ3) is 5.15. The number of amides is 1. The highest BCUT2D eigenvalue weighted by molar-refractivity contribution is 5.98. The molecule has 3 heterocycles. The van der Waals surface area contributed by atoms with E-state index in [9.17, 15) is 9.18 Å². The Balaban J connectivity index is 1.64. The fourth-order valence-electron chi connectivity index (χ4n) is 3.43. The van der Waals surface area contributed by atoms with Gasteiger partial charge in [-0.1, -0.05) is 30.3 Å². The summed E-state index contributed by atoms with van der Waals surface area (Å²) in [7, 11) is 0. The molecule has 4 aromatic rings. The third-order valence-electron chi connectivity index (χ3n) is 5.15. The van der Waals surface area contributed by atoms with Gasteiger partial charge in [0, 0.05) is 12.6 Å². The summed E-state index contributed by atoms with van der Waals surface area (Å²) in [5.74, 6) is -1.51. The molecule has 0 radical (unpaired) electrons. The molecule has 1 aromatic carbocycles. The summed E-state index contributed by atoms with van der Waals surface area (Å²) in [4.78, 5) is 22.1. The maximum Gasteiger partial charge on any atom is 0.252 e. The number of aromatic nitrogens is 5. The second kappa shape index (κ2) is 10.0. The lowest BCUT2D eigenvalue weighted by molar-refractivity contribution is 0.100.